The Morgan fingerprint density at radius 3 is 2.65 bits per heavy atom. The quantitative estimate of drug-likeness (QED) is 0.462. The number of aromatic hydroxyl groups is 1. The first-order valence-corrected chi connectivity index (χ1v) is 10.7. The summed E-state index contributed by atoms with van der Waals surface area (Å²) in [5.74, 6) is 1.77. The highest BCUT2D eigenvalue weighted by atomic mass is 16.3. The van der Waals surface area contributed by atoms with Gasteiger partial charge in [0.15, 0.2) is 0 Å². The number of hydrogen-bond donors (Lipinski definition) is 3. The number of piperazine rings is 1. The number of likely N-dealkylation sites (N-methyl/N-ethyl adjacent to an activating group) is 1. The third-order valence-corrected chi connectivity index (χ3v) is 6.06. The summed E-state index contributed by atoms with van der Waals surface area (Å²) < 4.78 is 0. The monoisotopic (exact) mass is 417 g/mol. The second-order valence-electron chi connectivity index (χ2n) is 8.21. The van der Waals surface area contributed by atoms with Crippen molar-refractivity contribution in [2.45, 2.75) is 19.9 Å². The number of phenolic OH excluding ortho intramolecular Hbond substituents is 1. The zero-order chi connectivity index (χ0) is 21.4. The Balaban J connectivity index is 1.40. The molecule has 1 saturated heterocycles. The van der Waals surface area contributed by atoms with Crippen LogP contribution in [0.15, 0.2) is 36.4 Å². The van der Waals surface area contributed by atoms with E-state index in [-0.39, 0.29) is 0 Å². The largest absolute Gasteiger partial charge is 0.508 e. The molecule has 5 rings (SSSR count). The molecule has 0 spiro atoms. The van der Waals surface area contributed by atoms with Gasteiger partial charge in [-0.25, -0.2) is 4.98 Å². The molecule has 0 bridgehead atoms. The maximum atomic E-state index is 9.80. The fourth-order valence-electron chi connectivity index (χ4n) is 4.20. The molecule has 2 aromatic carbocycles. The minimum atomic E-state index is 0.294. The molecule has 160 valence electrons. The number of aryl methyl sites for hydroxylation is 1. The molecular formula is C23H27N7O. The third kappa shape index (κ3) is 3.92. The Kier molecular flexibility index (Phi) is 5.17. The molecule has 8 heteroatoms. The van der Waals surface area contributed by atoms with Gasteiger partial charge >= 0.3 is 0 Å². The van der Waals surface area contributed by atoms with Gasteiger partial charge in [0.25, 0.3) is 0 Å². The van der Waals surface area contributed by atoms with Crippen molar-refractivity contribution in [3.8, 4) is 28.4 Å². The molecule has 0 saturated carbocycles. The maximum absolute atomic E-state index is 9.80. The van der Waals surface area contributed by atoms with Crippen molar-refractivity contribution < 1.29 is 5.11 Å². The predicted molar refractivity (Wildman–Crippen MR) is 121 cm³/mol. The van der Waals surface area contributed by atoms with Gasteiger partial charge in [0.2, 0.25) is 5.82 Å². The molecule has 3 N–H and O–H groups in total. The first-order valence-electron chi connectivity index (χ1n) is 10.7. The van der Waals surface area contributed by atoms with Crippen molar-refractivity contribution in [1.82, 2.24) is 35.2 Å². The van der Waals surface area contributed by atoms with E-state index < -0.39 is 0 Å². The molecule has 31 heavy (non-hydrogen) atoms. The van der Waals surface area contributed by atoms with Crippen molar-refractivity contribution in [2.75, 3.05) is 33.2 Å². The van der Waals surface area contributed by atoms with Gasteiger partial charge in [-0.05, 0) is 54.4 Å². The van der Waals surface area contributed by atoms with E-state index in [1.807, 2.05) is 12.1 Å². The van der Waals surface area contributed by atoms with E-state index >= 15 is 0 Å². The van der Waals surface area contributed by atoms with Gasteiger partial charge in [-0.3, -0.25) is 15.1 Å². The van der Waals surface area contributed by atoms with Crippen molar-refractivity contribution in [2.24, 2.45) is 0 Å². The van der Waals surface area contributed by atoms with E-state index in [4.69, 9.17) is 4.98 Å². The summed E-state index contributed by atoms with van der Waals surface area (Å²) in [6, 6.07) is 11.8. The van der Waals surface area contributed by atoms with Crippen LogP contribution in [0.4, 0.5) is 0 Å². The van der Waals surface area contributed by atoms with Gasteiger partial charge in [-0.15, -0.1) is 0 Å². The van der Waals surface area contributed by atoms with Gasteiger partial charge in [-0.1, -0.05) is 19.1 Å². The van der Waals surface area contributed by atoms with E-state index in [9.17, 15) is 5.11 Å². The Morgan fingerprint density at radius 2 is 1.84 bits per heavy atom. The van der Waals surface area contributed by atoms with Crippen LogP contribution in [0.5, 0.6) is 5.75 Å². The number of rotatable bonds is 5. The minimum Gasteiger partial charge on any atom is -0.508 e. The summed E-state index contributed by atoms with van der Waals surface area (Å²) in [6.45, 7) is 7.10. The van der Waals surface area contributed by atoms with Gasteiger partial charge in [0, 0.05) is 31.6 Å². The molecule has 1 aliphatic rings. The molecule has 0 aliphatic carbocycles. The van der Waals surface area contributed by atoms with E-state index in [0.29, 0.717) is 11.6 Å². The second-order valence-corrected chi connectivity index (χ2v) is 8.21. The van der Waals surface area contributed by atoms with E-state index in [1.54, 1.807) is 6.07 Å². The van der Waals surface area contributed by atoms with Crippen LogP contribution in [0.2, 0.25) is 0 Å². The SMILES string of the molecule is CCc1cc(O)ccc1-c1ccc2c(-c3n[nH]c(CN4CCN(C)CC4)n3)n[nH]c2c1. The fourth-order valence-corrected chi connectivity index (χ4v) is 4.20. The van der Waals surface area contributed by atoms with Crippen LogP contribution in [-0.2, 0) is 13.0 Å². The standard InChI is InChI=1S/C23H27N7O/c1-3-15-12-17(31)5-7-18(15)16-4-6-19-20(13-16)25-27-22(19)23-24-21(26-28-23)14-30-10-8-29(2)9-11-30/h4-7,12-13,31H,3,8-11,14H2,1-2H3,(H,25,27)(H,24,26,28). The Bertz CT molecular complexity index is 1200. The highest BCUT2D eigenvalue weighted by molar-refractivity contribution is 5.94. The lowest BCUT2D eigenvalue weighted by atomic mass is 9.97. The summed E-state index contributed by atoms with van der Waals surface area (Å²) in [5, 5.41) is 25.9. The second kappa shape index (κ2) is 8.13. The highest BCUT2D eigenvalue weighted by Gasteiger charge is 2.18. The first-order chi connectivity index (χ1) is 15.1. The Morgan fingerprint density at radius 1 is 1.00 bits per heavy atom. The number of nitrogens with one attached hydrogen (secondary N) is 2. The molecule has 0 unspecified atom stereocenters. The summed E-state index contributed by atoms with van der Waals surface area (Å²) in [5.41, 5.74) is 5.01. The van der Waals surface area contributed by atoms with Gasteiger partial charge in [0.1, 0.15) is 17.3 Å². The average Bonchev–Trinajstić information content (AvgIpc) is 3.41. The van der Waals surface area contributed by atoms with Crippen LogP contribution in [0, 0.1) is 0 Å². The molecule has 2 aromatic heterocycles. The topological polar surface area (TPSA) is 97.0 Å². The lowest BCUT2D eigenvalue weighted by Gasteiger charge is -2.31. The fraction of sp³-hybridized carbons (Fsp3) is 0.348. The summed E-state index contributed by atoms with van der Waals surface area (Å²) in [4.78, 5) is 9.43. The third-order valence-electron chi connectivity index (χ3n) is 6.06. The number of hydrogen-bond acceptors (Lipinski definition) is 6. The molecule has 1 aliphatic heterocycles. The highest BCUT2D eigenvalue weighted by Crippen LogP contribution is 2.32. The zero-order valence-corrected chi connectivity index (χ0v) is 17.9. The number of benzene rings is 2. The van der Waals surface area contributed by atoms with E-state index in [1.165, 1.54) is 0 Å². The van der Waals surface area contributed by atoms with Crippen LogP contribution < -0.4 is 0 Å². The summed E-state index contributed by atoms with van der Waals surface area (Å²) in [6.07, 6.45) is 0.850. The zero-order valence-electron chi connectivity index (χ0n) is 17.9. The van der Waals surface area contributed by atoms with E-state index in [0.717, 1.165) is 78.3 Å². The number of nitrogens with zero attached hydrogens (tertiary/aromatic N) is 5. The molecular weight excluding hydrogens is 390 g/mol. The van der Waals surface area contributed by atoms with Crippen molar-refractivity contribution in [1.29, 1.82) is 0 Å². The molecule has 8 nitrogen and oxygen atoms in total. The average molecular weight is 418 g/mol. The van der Waals surface area contributed by atoms with Crippen LogP contribution >= 0.6 is 0 Å². The van der Waals surface area contributed by atoms with Crippen molar-refractivity contribution in [3.05, 3.63) is 47.8 Å². The number of phenols is 1. The number of aromatic amines is 2. The molecule has 0 radical (unpaired) electrons. The molecule has 4 aromatic rings. The summed E-state index contributed by atoms with van der Waals surface area (Å²) in [7, 11) is 2.16. The Labute approximate surface area is 180 Å². The summed E-state index contributed by atoms with van der Waals surface area (Å²) >= 11 is 0. The lowest BCUT2D eigenvalue weighted by Crippen LogP contribution is -2.44. The van der Waals surface area contributed by atoms with Gasteiger partial charge in [-0.2, -0.15) is 10.2 Å². The van der Waals surface area contributed by atoms with Crippen molar-refractivity contribution >= 4 is 10.9 Å². The Hall–Kier alpha value is -3.23. The molecule has 3 heterocycles. The first kappa shape index (κ1) is 19.7. The van der Waals surface area contributed by atoms with Crippen LogP contribution in [-0.4, -0.2) is 73.5 Å². The van der Waals surface area contributed by atoms with Gasteiger partial charge < -0.3 is 10.0 Å². The lowest BCUT2D eigenvalue weighted by molar-refractivity contribution is 0.145. The smallest absolute Gasteiger partial charge is 0.202 e. The van der Waals surface area contributed by atoms with Crippen LogP contribution in [0.1, 0.15) is 18.3 Å². The van der Waals surface area contributed by atoms with Crippen molar-refractivity contribution in [3.63, 3.8) is 0 Å². The normalized spacial score (nSPS) is 15.7. The van der Waals surface area contributed by atoms with E-state index in [2.05, 4.69) is 62.4 Å². The minimum absolute atomic E-state index is 0.294. The molecule has 0 atom stereocenters. The maximum Gasteiger partial charge on any atom is 0.202 e. The van der Waals surface area contributed by atoms with Gasteiger partial charge in [0.05, 0.1) is 12.1 Å². The van der Waals surface area contributed by atoms with Crippen LogP contribution in [0.25, 0.3) is 33.5 Å². The number of aromatic nitrogens is 5. The van der Waals surface area contributed by atoms with Crippen LogP contribution in [0.3, 0.4) is 0 Å². The molecule has 1 fully saturated rings. The number of fused-ring (bicyclic) bond motifs is 1. The number of H-pyrrole nitrogens is 2. The predicted octanol–water partition coefficient (Wildman–Crippen LogP) is 3.03. The molecule has 0 amide bonds.